The van der Waals surface area contributed by atoms with Crippen molar-refractivity contribution < 1.29 is 14.3 Å². The van der Waals surface area contributed by atoms with Crippen LogP contribution in [0.4, 0.5) is 16.2 Å². The van der Waals surface area contributed by atoms with Gasteiger partial charge in [-0.1, -0.05) is 6.92 Å². The minimum atomic E-state index is -0.421. The van der Waals surface area contributed by atoms with E-state index in [4.69, 9.17) is 4.74 Å². The van der Waals surface area contributed by atoms with E-state index in [0.29, 0.717) is 13.2 Å². The minimum Gasteiger partial charge on any atom is -0.448 e. The Morgan fingerprint density at radius 2 is 1.91 bits per heavy atom. The number of cyclic esters (lactones) is 1. The summed E-state index contributed by atoms with van der Waals surface area (Å²) in [4.78, 5) is 27.1. The number of rotatable bonds is 4. The van der Waals surface area contributed by atoms with Gasteiger partial charge in [0.25, 0.3) is 0 Å². The van der Waals surface area contributed by atoms with Gasteiger partial charge in [-0.15, -0.1) is 0 Å². The zero-order valence-electron chi connectivity index (χ0n) is 13.5. The number of hydrogen-bond donors (Lipinski definition) is 1. The quantitative estimate of drug-likeness (QED) is 0.926. The molecule has 124 valence electrons. The van der Waals surface area contributed by atoms with Gasteiger partial charge < -0.3 is 15.0 Å². The van der Waals surface area contributed by atoms with Gasteiger partial charge >= 0.3 is 6.09 Å². The van der Waals surface area contributed by atoms with Gasteiger partial charge in [0.05, 0.1) is 6.54 Å². The molecule has 0 radical (unpaired) electrons. The number of nitrogens with one attached hydrogen (secondary N) is 1. The zero-order chi connectivity index (χ0) is 16.2. The predicted molar refractivity (Wildman–Crippen MR) is 88.6 cm³/mol. The lowest BCUT2D eigenvalue weighted by atomic mass is 9.99. The van der Waals surface area contributed by atoms with Crippen LogP contribution in [0, 0.1) is 5.92 Å². The molecule has 6 heteroatoms. The van der Waals surface area contributed by atoms with Gasteiger partial charge in [-0.3, -0.25) is 9.69 Å². The zero-order valence-corrected chi connectivity index (χ0v) is 13.5. The number of nitrogens with zero attached hydrogens (tertiary/aromatic N) is 2. The molecule has 1 N–H and O–H groups in total. The maximum absolute atomic E-state index is 12.0. The molecule has 1 aromatic carbocycles. The van der Waals surface area contributed by atoms with Crippen molar-refractivity contribution in [1.29, 1.82) is 0 Å². The standard InChI is InChI=1S/C17H23N3O3/c1-13-6-8-19(9-7-13)15-4-2-14(3-5-15)18-16(21)12-20-10-11-23-17(20)22/h2-5,13H,6-12H2,1H3,(H,18,21). The summed E-state index contributed by atoms with van der Waals surface area (Å²) >= 11 is 0. The number of benzene rings is 1. The Balaban J connectivity index is 1.53. The van der Waals surface area contributed by atoms with E-state index in [0.717, 1.165) is 24.7 Å². The molecule has 0 spiro atoms. The van der Waals surface area contributed by atoms with Crippen LogP contribution in [0.3, 0.4) is 0 Å². The van der Waals surface area contributed by atoms with Gasteiger partial charge in [0.1, 0.15) is 13.2 Å². The predicted octanol–water partition coefficient (Wildman–Crippen LogP) is 2.31. The number of carbonyl (C=O) groups excluding carboxylic acids is 2. The molecular weight excluding hydrogens is 294 g/mol. The van der Waals surface area contributed by atoms with Gasteiger partial charge in [-0.25, -0.2) is 4.79 Å². The molecule has 0 aliphatic carbocycles. The Morgan fingerprint density at radius 1 is 1.22 bits per heavy atom. The summed E-state index contributed by atoms with van der Waals surface area (Å²) in [5.41, 5.74) is 1.94. The van der Waals surface area contributed by atoms with Gasteiger partial charge in [0.15, 0.2) is 0 Å². The second-order valence-electron chi connectivity index (χ2n) is 6.30. The molecule has 0 bridgehead atoms. The highest BCUT2D eigenvalue weighted by Crippen LogP contribution is 2.24. The third-order valence-electron chi connectivity index (χ3n) is 4.48. The van der Waals surface area contributed by atoms with E-state index in [1.165, 1.54) is 23.4 Å². The summed E-state index contributed by atoms with van der Waals surface area (Å²) in [5, 5.41) is 2.82. The summed E-state index contributed by atoms with van der Waals surface area (Å²) in [7, 11) is 0. The number of anilines is 2. The molecule has 0 atom stereocenters. The molecule has 2 fully saturated rings. The summed E-state index contributed by atoms with van der Waals surface area (Å²) in [5.74, 6) is 0.602. The van der Waals surface area contributed by atoms with Gasteiger partial charge in [-0.05, 0) is 43.0 Å². The molecule has 2 amide bonds. The van der Waals surface area contributed by atoms with Gasteiger partial charge in [0, 0.05) is 24.5 Å². The molecule has 0 unspecified atom stereocenters. The first-order valence-corrected chi connectivity index (χ1v) is 8.18. The Morgan fingerprint density at radius 3 is 2.52 bits per heavy atom. The molecule has 23 heavy (non-hydrogen) atoms. The maximum Gasteiger partial charge on any atom is 0.410 e. The molecule has 3 rings (SSSR count). The van der Waals surface area contributed by atoms with Crippen LogP contribution in [0.2, 0.25) is 0 Å². The van der Waals surface area contributed by atoms with Crippen LogP contribution in [0.5, 0.6) is 0 Å². The monoisotopic (exact) mass is 317 g/mol. The fourth-order valence-electron chi connectivity index (χ4n) is 2.97. The third kappa shape index (κ3) is 3.94. The Bertz CT molecular complexity index is 565. The van der Waals surface area contributed by atoms with Crippen LogP contribution >= 0.6 is 0 Å². The Hall–Kier alpha value is -2.24. The average Bonchev–Trinajstić information content (AvgIpc) is 2.94. The lowest BCUT2D eigenvalue weighted by Gasteiger charge is -2.32. The van der Waals surface area contributed by atoms with E-state index in [9.17, 15) is 9.59 Å². The maximum atomic E-state index is 12.0. The molecule has 0 aromatic heterocycles. The van der Waals surface area contributed by atoms with Crippen LogP contribution in [0.1, 0.15) is 19.8 Å². The second-order valence-corrected chi connectivity index (χ2v) is 6.30. The first-order valence-electron chi connectivity index (χ1n) is 8.18. The highest BCUT2D eigenvalue weighted by molar-refractivity contribution is 5.94. The number of hydrogen-bond acceptors (Lipinski definition) is 4. The van der Waals surface area contributed by atoms with E-state index in [1.807, 2.05) is 24.3 Å². The van der Waals surface area contributed by atoms with Crippen molar-refractivity contribution in [2.45, 2.75) is 19.8 Å². The fourth-order valence-corrected chi connectivity index (χ4v) is 2.97. The normalized spacial score (nSPS) is 18.9. The van der Waals surface area contributed by atoms with Crippen molar-refractivity contribution in [3.63, 3.8) is 0 Å². The lowest BCUT2D eigenvalue weighted by Crippen LogP contribution is -2.34. The van der Waals surface area contributed by atoms with Crippen molar-refractivity contribution >= 4 is 23.4 Å². The minimum absolute atomic E-state index is 0.0323. The van der Waals surface area contributed by atoms with Crippen molar-refractivity contribution in [2.75, 3.05) is 43.0 Å². The van der Waals surface area contributed by atoms with Gasteiger partial charge in [-0.2, -0.15) is 0 Å². The molecule has 1 aromatic rings. The van der Waals surface area contributed by atoms with Gasteiger partial charge in [0.2, 0.25) is 5.91 Å². The van der Waals surface area contributed by atoms with Crippen LogP contribution in [-0.4, -0.2) is 49.7 Å². The number of amides is 2. The van der Waals surface area contributed by atoms with E-state index in [-0.39, 0.29) is 12.5 Å². The molecular formula is C17H23N3O3. The summed E-state index contributed by atoms with van der Waals surface area (Å²) in [6.07, 6.45) is 2.03. The number of piperidine rings is 1. The second kappa shape index (κ2) is 6.89. The largest absolute Gasteiger partial charge is 0.448 e. The Labute approximate surface area is 136 Å². The van der Waals surface area contributed by atoms with E-state index < -0.39 is 6.09 Å². The summed E-state index contributed by atoms with van der Waals surface area (Å²) in [6.45, 7) is 5.33. The van der Waals surface area contributed by atoms with Crippen molar-refractivity contribution in [3.8, 4) is 0 Å². The van der Waals surface area contributed by atoms with Crippen LogP contribution in [0.15, 0.2) is 24.3 Å². The average molecular weight is 317 g/mol. The highest BCUT2D eigenvalue weighted by atomic mass is 16.6. The summed E-state index contributed by atoms with van der Waals surface area (Å²) < 4.78 is 4.81. The van der Waals surface area contributed by atoms with E-state index in [1.54, 1.807) is 0 Å². The molecule has 0 saturated carbocycles. The fraction of sp³-hybridized carbons (Fsp3) is 0.529. The third-order valence-corrected chi connectivity index (χ3v) is 4.48. The highest BCUT2D eigenvalue weighted by Gasteiger charge is 2.24. The molecule has 2 heterocycles. The summed E-state index contributed by atoms with van der Waals surface area (Å²) in [6, 6.07) is 7.90. The SMILES string of the molecule is CC1CCN(c2ccc(NC(=O)CN3CCOC3=O)cc2)CC1. The number of carbonyl (C=O) groups is 2. The van der Waals surface area contributed by atoms with Crippen molar-refractivity contribution in [3.05, 3.63) is 24.3 Å². The Kier molecular flexibility index (Phi) is 4.69. The van der Waals surface area contributed by atoms with E-state index in [2.05, 4.69) is 17.1 Å². The molecule has 2 aliphatic heterocycles. The van der Waals surface area contributed by atoms with Crippen molar-refractivity contribution in [2.24, 2.45) is 5.92 Å². The molecule has 2 saturated heterocycles. The first kappa shape index (κ1) is 15.6. The smallest absolute Gasteiger partial charge is 0.410 e. The molecule has 2 aliphatic rings. The van der Waals surface area contributed by atoms with E-state index >= 15 is 0 Å². The van der Waals surface area contributed by atoms with Crippen LogP contribution < -0.4 is 10.2 Å². The topological polar surface area (TPSA) is 61.9 Å². The number of ether oxygens (including phenoxy) is 1. The van der Waals surface area contributed by atoms with Crippen molar-refractivity contribution in [1.82, 2.24) is 4.90 Å². The van der Waals surface area contributed by atoms with Crippen LogP contribution in [0.25, 0.3) is 0 Å². The first-order chi connectivity index (χ1) is 11.1. The van der Waals surface area contributed by atoms with Crippen LogP contribution in [-0.2, 0) is 9.53 Å². The molecule has 6 nitrogen and oxygen atoms in total. The lowest BCUT2D eigenvalue weighted by molar-refractivity contribution is -0.116.